The summed E-state index contributed by atoms with van der Waals surface area (Å²) in [4.78, 5) is 15.3. The summed E-state index contributed by atoms with van der Waals surface area (Å²) in [7, 11) is 0. The summed E-state index contributed by atoms with van der Waals surface area (Å²) in [5.41, 5.74) is 2.28. The van der Waals surface area contributed by atoms with Gasteiger partial charge in [-0.3, -0.25) is 0 Å². The fraction of sp³-hybridized carbons (Fsp3) is 0.0667. The molecule has 0 saturated heterocycles. The van der Waals surface area contributed by atoms with E-state index in [4.69, 9.17) is 9.52 Å². The normalized spacial score (nSPS) is 10.8. The Morgan fingerprint density at radius 2 is 2.19 bits per heavy atom. The fourth-order valence-electron chi connectivity index (χ4n) is 1.96. The molecule has 6 heteroatoms. The number of hydrogen-bond acceptors (Lipinski definition) is 4. The summed E-state index contributed by atoms with van der Waals surface area (Å²) in [6.45, 7) is 1.81. The quantitative estimate of drug-likeness (QED) is 0.787. The molecule has 0 spiro atoms. The van der Waals surface area contributed by atoms with Crippen LogP contribution in [0.15, 0.2) is 40.3 Å². The Bertz CT molecular complexity index is 822. The molecule has 0 amide bonds. The summed E-state index contributed by atoms with van der Waals surface area (Å²) in [6, 6.07) is 5.95. The van der Waals surface area contributed by atoms with Gasteiger partial charge in [-0.25, -0.2) is 14.2 Å². The Morgan fingerprint density at radius 1 is 1.38 bits per heavy atom. The molecule has 0 fully saturated rings. The summed E-state index contributed by atoms with van der Waals surface area (Å²) in [6.07, 6.45) is 1.18. The molecule has 0 bridgehead atoms. The van der Waals surface area contributed by atoms with Crippen molar-refractivity contribution in [1.82, 2.24) is 4.98 Å². The van der Waals surface area contributed by atoms with Gasteiger partial charge in [-0.2, -0.15) is 0 Å². The largest absolute Gasteiger partial charge is 0.478 e. The van der Waals surface area contributed by atoms with E-state index in [1.807, 2.05) is 6.92 Å². The van der Waals surface area contributed by atoms with Gasteiger partial charge >= 0.3 is 5.97 Å². The lowest BCUT2D eigenvalue weighted by molar-refractivity contribution is 0.0696. The van der Waals surface area contributed by atoms with Crippen molar-refractivity contribution in [3.63, 3.8) is 0 Å². The standard InChI is InChI=1S/C15H10FNO3S/c1-8-4-10(16)2-3-11(8)14-17-12(7-21-14)13-5-9(6-20-13)15(18)19/h2-7H,1H3,(H,18,19). The van der Waals surface area contributed by atoms with Gasteiger partial charge in [-0.15, -0.1) is 11.3 Å². The molecule has 0 atom stereocenters. The van der Waals surface area contributed by atoms with Crippen molar-refractivity contribution in [2.75, 3.05) is 0 Å². The number of thiazole rings is 1. The van der Waals surface area contributed by atoms with Crippen molar-refractivity contribution in [3.8, 4) is 22.0 Å². The number of furan rings is 1. The van der Waals surface area contributed by atoms with E-state index in [0.29, 0.717) is 11.5 Å². The lowest BCUT2D eigenvalue weighted by atomic mass is 10.1. The van der Waals surface area contributed by atoms with E-state index in [2.05, 4.69) is 4.98 Å². The molecular formula is C15H10FNO3S. The maximum absolute atomic E-state index is 13.1. The van der Waals surface area contributed by atoms with Crippen molar-refractivity contribution in [2.45, 2.75) is 6.92 Å². The molecule has 3 rings (SSSR count). The molecule has 0 unspecified atom stereocenters. The van der Waals surface area contributed by atoms with Crippen molar-refractivity contribution >= 4 is 17.3 Å². The first-order chi connectivity index (χ1) is 10.0. The van der Waals surface area contributed by atoms with Crippen LogP contribution in [0.1, 0.15) is 15.9 Å². The molecule has 2 aromatic heterocycles. The van der Waals surface area contributed by atoms with Gasteiger partial charge in [-0.05, 0) is 30.7 Å². The molecule has 0 aliphatic rings. The molecule has 0 saturated carbocycles. The van der Waals surface area contributed by atoms with Crippen LogP contribution in [-0.4, -0.2) is 16.1 Å². The third-order valence-corrected chi connectivity index (χ3v) is 3.90. The van der Waals surface area contributed by atoms with Crippen LogP contribution in [0, 0.1) is 12.7 Å². The van der Waals surface area contributed by atoms with Gasteiger partial charge in [0.2, 0.25) is 0 Å². The van der Waals surface area contributed by atoms with Gasteiger partial charge in [0.25, 0.3) is 0 Å². The highest BCUT2D eigenvalue weighted by atomic mass is 32.1. The average molecular weight is 303 g/mol. The van der Waals surface area contributed by atoms with Crippen LogP contribution in [0.2, 0.25) is 0 Å². The van der Waals surface area contributed by atoms with Crippen molar-refractivity contribution < 1.29 is 18.7 Å². The SMILES string of the molecule is Cc1cc(F)ccc1-c1nc(-c2cc(C(=O)O)co2)cs1. The van der Waals surface area contributed by atoms with Gasteiger partial charge in [0.15, 0.2) is 5.76 Å². The number of aromatic nitrogens is 1. The van der Waals surface area contributed by atoms with Gasteiger partial charge < -0.3 is 9.52 Å². The van der Waals surface area contributed by atoms with Crippen molar-refractivity contribution in [2.24, 2.45) is 0 Å². The second-order valence-electron chi connectivity index (χ2n) is 4.50. The molecule has 1 aromatic carbocycles. The summed E-state index contributed by atoms with van der Waals surface area (Å²) >= 11 is 1.39. The van der Waals surface area contributed by atoms with Crippen molar-refractivity contribution in [1.29, 1.82) is 0 Å². The van der Waals surface area contributed by atoms with Crippen LogP contribution in [-0.2, 0) is 0 Å². The number of benzene rings is 1. The van der Waals surface area contributed by atoms with Crippen molar-refractivity contribution in [3.05, 3.63) is 52.9 Å². The highest BCUT2D eigenvalue weighted by Gasteiger charge is 2.14. The van der Waals surface area contributed by atoms with Crippen LogP contribution >= 0.6 is 11.3 Å². The number of carboxylic acids is 1. The topological polar surface area (TPSA) is 63.3 Å². The molecule has 1 N–H and O–H groups in total. The summed E-state index contributed by atoms with van der Waals surface area (Å²) in [5, 5.41) is 11.4. The van der Waals surface area contributed by atoms with Gasteiger partial charge in [-0.1, -0.05) is 0 Å². The van der Waals surface area contributed by atoms with Gasteiger partial charge in [0.05, 0.1) is 5.56 Å². The second-order valence-corrected chi connectivity index (χ2v) is 5.36. The summed E-state index contributed by atoms with van der Waals surface area (Å²) in [5.74, 6) is -0.935. The maximum Gasteiger partial charge on any atom is 0.338 e. The molecule has 0 radical (unpaired) electrons. The molecule has 4 nitrogen and oxygen atoms in total. The van der Waals surface area contributed by atoms with Crippen LogP contribution in [0.5, 0.6) is 0 Å². The van der Waals surface area contributed by atoms with E-state index in [0.717, 1.165) is 16.1 Å². The Balaban J connectivity index is 1.97. The van der Waals surface area contributed by atoms with Gasteiger partial charge in [0.1, 0.15) is 22.8 Å². The minimum Gasteiger partial charge on any atom is -0.478 e. The third-order valence-electron chi connectivity index (χ3n) is 3.02. The number of aromatic carboxylic acids is 1. The zero-order valence-electron chi connectivity index (χ0n) is 11.0. The van der Waals surface area contributed by atoms with Crippen LogP contribution < -0.4 is 0 Å². The number of aryl methyl sites for hydroxylation is 1. The lowest BCUT2D eigenvalue weighted by Gasteiger charge is -2.01. The third kappa shape index (κ3) is 2.57. The monoisotopic (exact) mass is 303 g/mol. The number of halogens is 1. The molecule has 0 aliphatic carbocycles. The highest BCUT2D eigenvalue weighted by Crippen LogP contribution is 2.31. The van der Waals surface area contributed by atoms with Gasteiger partial charge in [0, 0.05) is 17.0 Å². The first-order valence-electron chi connectivity index (χ1n) is 6.09. The van der Waals surface area contributed by atoms with Crippen LogP contribution in [0.4, 0.5) is 4.39 Å². The molecular weight excluding hydrogens is 293 g/mol. The van der Waals surface area contributed by atoms with Crippen LogP contribution in [0.3, 0.4) is 0 Å². The van der Waals surface area contributed by atoms with E-state index in [-0.39, 0.29) is 11.4 Å². The number of nitrogens with zero attached hydrogens (tertiary/aromatic N) is 1. The smallest absolute Gasteiger partial charge is 0.338 e. The molecule has 3 aromatic rings. The predicted octanol–water partition coefficient (Wildman–Crippen LogP) is 4.22. The van der Waals surface area contributed by atoms with E-state index in [9.17, 15) is 9.18 Å². The molecule has 0 aliphatic heterocycles. The fourth-order valence-corrected chi connectivity index (χ4v) is 2.86. The number of rotatable bonds is 3. The first-order valence-corrected chi connectivity index (χ1v) is 6.97. The summed E-state index contributed by atoms with van der Waals surface area (Å²) < 4.78 is 18.3. The maximum atomic E-state index is 13.1. The Morgan fingerprint density at radius 3 is 2.86 bits per heavy atom. The predicted molar refractivity (Wildman–Crippen MR) is 76.9 cm³/mol. The molecule has 21 heavy (non-hydrogen) atoms. The minimum absolute atomic E-state index is 0.0810. The second kappa shape index (κ2) is 5.14. The minimum atomic E-state index is -1.05. The first kappa shape index (κ1) is 13.5. The Kier molecular flexibility index (Phi) is 3.31. The zero-order valence-corrected chi connectivity index (χ0v) is 11.8. The Labute approximate surface area is 123 Å². The highest BCUT2D eigenvalue weighted by molar-refractivity contribution is 7.13. The van der Waals surface area contributed by atoms with Crippen LogP contribution in [0.25, 0.3) is 22.0 Å². The zero-order chi connectivity index (χ0) is 15.0. The number of carbonyl (C=O) groups is 1. The lowest BCUT2D eigenvalue weighted by Crippen LogP contribution is -1.91. The number of hydrogen-bond donors (Lipinski definition) is 1. The average Bonchev–Trinajstić information content (AvgIpc) is 3.07. The van der Waals surface area contributed by atoms with E-state index in [1.54, 1.807) is 11.4 Å². The Hall–Kier alpha value is -2.47. The molecule has 106 valence electrons. The van der Waals surface area contributed by atoms with E-state index < -0.39 is 5.97 Å². The van der Waals surface area contributed by atoms with E-state index >= 15 is 0 Å². The number of carboxylic acid groups (broad SMARTS) is 1. The molecule has 2 heterocycles. The van der Waals surface area contributed by atoms with E-state index in [1.165, 1.54) is 35.8 Å².